The van der Waals surface area contributed by atoms with Crippen molar-refractivity contribution in [1.82, 2.24) is 5.32 Å². The zero-order chi connectivity index (χ0) is 15.8. The minimum Gasteiger partial charge on any atom is -0.383 e. The largest absolute Gasteiger partial charge is 0.383 e. The van der Waals surface area contributed by atoms with Crippen LogP contribution in [0.1, 0.15) is 13.8 Å². The first-order valence-corrected chi connectivity index (χ1v) is 6.65. The van der Waals surface area contributed by atoms with Crippen LogP contribution in [0.5, 0.6) is 0 Å². The predicted molar refractivity (Wildman–Crippen MR) is 89.5 cm³/mol. The van der Waals surface area contributed by atoms with E-state index in [1.165, 1.54) is 7.11 Å². The number of carbonyl (C=O) groups is 2. The summed E-state index contributed by atoms with van der Waals surface area (Å²) in [6.45, 7) is 3.91. The second kappa shape index (κ2) is 9.99. The normalized spacial score (nSPS) is 11.3. The smallest absolute Gasteiger partial charge is 0.319 e. The second-order valence-electron chi connectivity index (χ2n) is 4.88. The van der Waals surface area contributed by atoms with Crippen LogP contribution in [-0.2, 0) is 9.53 Å². The summed E-state index contributed by atoms with van der Waals surface area (Å²) in [5.41, 5.74) is 6.85. The average molecular weight is 331 g/mol. The molecular weight excluding hydrogens is 308 g/mol. The molecular formula is C14H23ClN4O3. The molecule has 0 fully saturated rings. The fourth-order valence-electron chi connectivity index (χ4n) is 1.56. The predicted octanol–water partition coefficient (Wildman–Crippen LogP) is 1.55. The van der Waals surface area contributed by atoms with Crippen LogP contribution >= 0.6 is 12.4 Å². The Kier molecular flexibility index (Phi) is 9.16. The van der Waals surface area contributed by atoms with Gasteiger partial charge in [0.05, 0.1) is 6.61 Å². The third-order valence-corrected chi connectivity index (χ3v) is 2.51. The number of nitrogens with two attached hydrogens (primary N) is 1. The average Bonchev–Trinajstić information content (AvgIpc) is 2.40. The molecule has 22 heavy (non-hydrogen) atoms. The molecule has 0 bridgehead atoms. The van der Waals surface area contributed by atoms with Crippen molar-refractivity contribution in [3.8, 4) is 0 Å². The summed E-state index contributed by atoms with van der Waals surface area (Å²) in [5.74, 6) is -0.324. The van der Waals surface area contributed by atoms with Crippen molar-refractivity contribution in [1.29, 1.82) is 0 Å². The summed E-state index contributed by atoms with van der Waals surface area (Å²) >= 11 is 0. The Hall–Kier alpha value is -1.83. The summed E-state index contributed by atoms with van der Waals surface area (Å²) in [6.07, 6.45) is 0. The molecule has 0 saturated carbocycles. The Morgan fingerprint density at radius 1 is 1.14 bits per heavy atom. The molecule has 7 nitrogen and oxygen atoms in total. The van der Waals surface area contributed by atoms with Crippen molar-refractivity contribution in [2.45, 2.75) is 25.9 Å². The zero-order valence-electron chi connectivity index (χ0n) is 12.9. The summed E-state index contributed by atoms with van der Waals surface area (Å²) in [7, 11) is 1.48. The van der Waals surface area contributed by atoms with Gasteiger partial charge < -0.3 is 26.4 Å². The van der Waals surface area contributed by atoms with Gasteiger partial charge in [-0.05, 0) is 38.1 Å². The van der Waals surface area contributed by atoms with Crippen LogP contribution in [0.3, 0.4) is 0 Å². The van der Waals surface area contributed by atoms with Gasteiger partial charge in [-0.15, -0.1) is 12.4 Å². The third kappa shape index (κ3) is 7.26. The number of anilines is 2. The van der Waals surface area contributed by atoms with Crippen molar-refractivity contribution >= 4 is 35.7 Å². The number of ether oxygens (including phenoxy) is 1. The quantitative estimate of drug-likeness (QED) is 0.635. The Balaban J connectivity index is 0.00000441. The first-order chi connectivity index (χ1) is 9.92. The molecule has 0 spiro atoms. The van der Waals surface area contributed by atoms with Gasteiger partial charge in [-0.1, -0.05) is 0 Å². The number of rotatable bonds is 6. The molecule has 1 rings (SSSR count). The van der Waals surface area contributed by atoms with Gasteiger partial charge in [0.1, 0.15) is 6.04 Å². The van der Waals surface area contributed by atoms with E-state index in [1.54, 1.807) is 24.3 Å². The van der Waals surface area contributed by atoms with Gasteiger partial charge in [0.15, 0.2) is 0 Å². The number of nitrogens with one attached hydrogen (secondary N) is 3. The van der Waals surface area contributed by atoms with Gasteiger partial charge in [0.2, 0.25) is 5.91 Å². The monoisotopic (exact) mass is 330 g/mol. The lowest BCUT2D eigenvalue weighted by Gasteiger charge is -2.12. The van der Waals surface area contributed by atoms with Crippen LogP contribution < -0.4 is 21.7 Å². The first-order valence-electron chi connectivity index (χ1n) is 6.65. The molecule has 0 aliphatic carbocycles. The molecule has 0 aromatic heterocycles. The van der Waals surface area contributed by atoms with Crippen LogP contribution in [0, 0.1) is 0 Å². The van der Waals surface area contributed by atoms with E-state index < -0.39 is 6.04 Å². The molecule has 0 radical (unpaired) electrons. The van der Waals surface area contributed by atoms with Crippen LogP contribution in [0.2, 0.25) is 0 Å². The molecule has 5 N–H and O–H groups in total. The highest BCUT2D eigenvalue weighted by molar-refractivity contribution is 5.95. The maximum atomic E-state index is 11.7. The van der Waals surface area contributed by atoms with E-state index in [1.807, 2.05) is 13.8 Å². The van der Waals surface area contributed by atoms with E-state index in [9.17, 15) is 9.59 Å². The lowest BCUT2D eigenvalue weighted by atomic mass is 10.2. The van der Waals surface area contributed by atoms with Gasteiger partial charge in [0.25, 0.3) is 0 Å². The summed E-state index contributed by atoms with van der Waals surface area (Å²) in [4.78, 5) is 23.2. The highest BCUT2D eigenvalue weighted by Crippen LogP contribution is 2.13. The van der Waals surface area contributed by atoms with E-state index in [0.29, 0.717) is 11.4 Å². The van der Waals surface area contributed by atoms with Crippen molar-refractivity contribution in [3.63, 3.8) is 0 Å². The van der Waals surface area contributed by atoms with Crippen molar-refractivity contribution < 1.29 is 14.3 Å². The number of hydrogen-bond acceptors (Lipinski definition) is 4. The maximum Gasteiger partial charge on any atom is 0.319 e. The van der Waals surface area contributed by atoms with Crippen molar-refractivity contribution in [3.05, 3.63) is 24.3 Å². The van der Waals surface area contributed by atoms with E-state index in [0.717, 1.165) is 0 Å². The molecule has 0 heterocycles. The molecule has 1 aromatic rings. The van der Waals surface area contributed by atoms with Crippen LogP contribution in [0.25, 0.3) is 0 Å². The third-order valence-electron chi connectivity index (χ3n) is 2.51. The van der Waals surface area contributed by atoms with Gasteiger partial charge in [-0.25, -0.2) is 4.79 Å². The SMILES string of the molecule is COCC(N)C(=O)Nc1ccc(NC(=O)NC(C)C)cc1.Cl. The lowest BCUT2D eigenvalue weighted by Crippen LogP contribution is -2.39. The Morgan fingerprint density at radius 2 is 1.64 bits per heavy atom. The number of urea groups is 1. The van der Waals surface area contributed by atoms with Gasteiger partial charge in [0, 0.05) is 24.5 Å². The lowest BCUT2D eigenvalue weighted by molar-refractivity contribution is -0.118. The number of hydrogen-bond donors (Lipinski definition) is 4. The second-order valence-corrected chi connectivity index (χ2v) is 4.88. The van der Waals surface area contributed by atoms with E-state index in [2.05, 4.69) is 16.0 Å². The van der Waals surface area contributed by atoms with Crippen LogP contribution in [0.4, 0.5) is 16.2 Å². The molecule has 1 unspecified atom stereocenters. The number of halogens is 1. The number of amides is 3. The van der Waals surface area contributed by atoms with Gasteiger partial charge >= 0.3 is 6.03 Å². The van der Waals surface area contributed by atoms with Gasteiger partial charge in [-0.2, -0.15) is 0 Å². The standard InChI is InChI=1S/C14H22N4O3.ClH/c1-9(2)16-14(20)18-11-6-4-10(5-7-11)17-13(19)12(15)8-21-3;/h4-7,9,12H,8,15H2,1-3H3,(H,17,19)(H2,16,18,20);1H. The molecule has 1 aromatic carbocycles. The van der Waals surface area contributed by atoms with Gasteiger partial charge in [-0.3, -0.25) is 4.79 Å². The maximum absolute atomic E-state index is 11.7. The Morgan fingerprint density at radius 3 is 2.09 bits per heavy atom. The van der Waals surface area contributed by atoms with Crippen LogP contribution in [0.15, 0.2) is 24.3 Å². The van der Waals surface area contributed by atoms with Crippen molar-refractivity contribution in [2.24, 2.45) is 5.73 Å². The van der Waals surface area contributed by atoms with Crippen LogP contribution in [-0.4, -0.2) is 37.7 Å². The number of benzene rings is 1. The summed E-state index contributed by atoms with van der Waals surface area (Å²) in [6, 6.07) is 5.82. The number of carbonyl (C=O) groups excluding carboxylic acids is 2. The summed E-state index contributed by atoms with van der Waals surface area (Å²) < 4.78 is 4.82. The van der Waals surface area contributed by atoms with Crippen molar-refractivity contribution in [2.75, 3.05) is 24.4 Å². The zero-order valence-corrected chi connectivity index (χ0v) is 13.7. The first kappa shape index (κ1) is 20.2. The fraction of sp³-hybridized carbons (Fsp3) is 0.429. The summed E-state index contributed by atoms with van der Waals surface area (Å²) in [5, 5.41) is 8.07. The topological polar surface area (TPSA) is 105 Å². The van der Waals surface area contributed by atoms with E-state index in [4.69, 9.17) is 10.5 Å². The number of methoxy groups -OCH3 is 1. The molecule has 0 saturated heterocycles. The molecule has 124 valence electrons. The fourth-order valence-corrected chi connectivity index (χ4v) is 1.56. The highest BCUT2D eigenvalue weighted by Gasteiger charge is 2.13. The van der Waals surface area contributed by atoms with E-state index in [-0.39, 0.29) is 37.0 Å². The molecule has 0 aliphatic heterocycles. The molecule has 8 heteroatoms. The molecule has 1 atom stereocenters. The Bertz CT molecular complexity index is 479. The minimum absolute atomic E-state index is 0. The Labute approximate surface area is 136 Å². The van der Waals surface area contributed by atoms with E-state index >= 15 is 0 Å². The highest BCUT2D eigenvalue weighted by atomic mass is 35.5. The molecule has 3 amide bonds. The minimum atomic E-state index is -0.718. The molecule has 0 aliphatic rings.